The molecule has 0 fully saturated rings. The summed E-state index contributed by atoms with van der Waals surface area (Å²) in [6, 6.07) is 7.94. The second-order valence-corrected chi connectivity index (χ2v) is 6.62. The zero-order valence-electron chi connectivity index (χ0n) is 12.8. The van der Waals surface area contributed by atoms with E-state index >= 15 is 0 Å². The number of aromatic amines is 1. The molecule has 0 aliphatic carbocycles. The van der Waals surface area contributed by atoms with E-state index in [-0.39, 0.29) is 11.8 Å². The van der Waals surface area contributed by atoms with Crippen molar-refractivity contribution in [3.05, 3.63) is 58.0 Å². The first-order valence-corrected chi connectivity index (χ1v) is 8.29. The number of halogens is 2. The van der Waals surface area contributed by atoms with Gasteiger partial charge in [0.05, 0.1) is 5.52 Å². The molecule has 1 aliphatic rings. The van der Waals surface area contributed by atoms with Crippen LogP contribution >= 0.6 is 23.2 Å². The Morgan fingerprint density at radius 1 is 1.24 bits per heavy atom. The highest BCUT2D eigenvalue weighted by molar-refractivity contribution is 6.31. The van der Waals surface area contributed by atoms with Crippen molar-refractivity contribution in [1.29, 1.82) is 0 Å². The molecule has 6 nitrogen and oxygen atoms in total. The second-order valence-electron chi connectivity index (χ2n) is 5.80. The van der Waals surface area contributed by atoms with Crippen LogP contribution in [-0.2, 0) is 11.2 Å². The molecule has 0 radical (unpaired) electrons. The molecule has 25 heavy (non-hydrogen) atoms. The maximum Gasteiger partial charge on any atom is 0.268 e. The van der Waals surface area contributed by atoms with E-state index in [0.717, 1.165) is 10.9 Å². The molecule has 1 aliphatic heterocycles. The first-order valence-electron chi connectivity index (χ1n) is 7.54. The third-order valence-corrected chi connectivity index (χ3v) is 4.53. The zero-order chi connectivity index (χ0) is 17.6. The summed E-state index contributed by atoms with van der Waals surface area (Å²) in [5.41, 5.74) is 2.64. The smallest absolute Gasteiger partial charge is 0.268 e. The summed E-state index contributed by atoms with van der Waals surface area (Å²) in [5.74, 6) is -0.645. The fraction of sp³-hybridized carbons (Fsp3) is 0.118. The van der Waals surface area contributed by atoms with Crippen LogP contribution in [-0.4, -0.2) is 27.8 Å². The zero-order valence-corrected chi connectivity index (χ0v) is 14.3. The van der Waals surface area contributed by atoms with E-state index in [0.29, 0.717) is 33.5 Å². The Morgan fingerprint density at radius 3 is 2.92 bits per heavy atom. The summed E-state index contributed by atoms with van der Waals surface area (Å²) in [6.07, 6.45) is 1.98. The number of hydrogen-bond donors (Lipinski definition) is 3. The van der Waals surface area contributed by atoms with Crippen LogP contribution in [0.4, 0.5) is 5.69 Å². The van der Waals surface area contributed by atoms with Gasteiger partial charge in [0.2, 0.25) is 5.91 Å². The van der Waals surface area contributed by atoms with Gasteiger partial charge in [-0.15, -0.1) is 0 Å². The fourth-order valence-corrected chi connectivity index (χ4v) is 3.18. The third kappa shape index (κ3) is 3.06. The molecule has 0 bridgehead atoms. The number of amides is 2. The highest BCUT2D eigenvalue weighted by atomic mass is 35.5. The number of carbonyl (C=O) groups excluding carboxylic acids is 2. The molecule has 0 spiro atoms. The molecular formula is C17H12Cl2N4O2. The maximum absolute atomic E-state index is 12.5. The molecule has 3 N–H and O–H groups in total. The molecule has 3 heterocycles. The molecule has 0 saturated heterocycles. The van der Waals surface area contributed by atoms with Crippen LogP contribution < -0.4 is 10.6 Å². The van der Waals surface area contributed by atoms with Gasteiger partial charge in [-0.2, -0.15) is 0 Å². The van der Waals surface area contributed by atoms with E-state index in [1.165, 1.54) is 0 Å². The fourth-order valence-electron chi connectivity index (χ4n) is 2.85. The second kappa shape index (κ2) is 6.06. The Morgan fingerprint density at radius 2 is 2.08 bits per heavy atom. The van der Waals surface area contributed by atoms with Crippen molar-refractivity contribution in [2.45, 2.75) is 12.5 Å². The first-order chi connectivity index (χ1) is 12.0. The lowest BCUT2D eigenvalue weighted by molar-refractivity contribution is -0.118. The molecule has 2 amide bonds. The van der Waals surface area contributed by atoms with Gasteiger partial charge in [-0.1, -0.05) is 29.3 Å². The highest BCUT2D eigenvalue weighted by Crippen LogP contribution is 2.26. The minimum atomic E-state index is -0.658. The number of rotatable bonds is 2. The lowest BCUT2D eigenvalue weighted by Gasteiger charge is -2.25. The Kier molecular flexibility index (Phi) is 3.86. The monoisotopic (exact) mass is 374 g/mol. The van der Waals surface area contributed by atoms with E-state index in [1.54, 1.807) is 30.5 Å². The van der Waals surface area contributed by atoms with Gasteiger partial charge < -0.3 is 15.6 Å². The molecule has 4 rings (SSSR count). The summed E-state index contributed by atoms with van der Waals surface area (Å²) in [4.78, 5) is 31.7. The van der Waals surface area contributed by atoms with Crippen LogP contribution in [0.5, 0.6) is 0 Å². The van der Waals surface area contributed by atoms with Gasteiger partial charge in [0, 0.05) is 28.7 Å². The van der Waals surface area contributed by atoms with Crippen LogP contribution in [0.15, 0.2) is 36.5 Å². The van der Waals surface area contributed by atoms with Crippen LogP contribution in [0.2, 0.25) is 10.2 Å². The molecule has 0 saturated carbocycles. The van der Waals surface area contributed by atoms with E-state index in [2.05, 4.69) is 20.6 Å². The number of carbonyl (C=O) groups is 2. The topological polar surface area (TPSA) is 86.9 Å². The van der Waals surface area contributed by atoms with Gasteiger partial charge in [0.1, 0.15) is 16.9 Å². The van der Waals surface area contributed by atoms with Gasteiger partial charge in [-0.3, -0.25) is 9.59 Å². The quantitative estimate of drug-likeness (QED) is 0.602. The average molecular weight is 375 g/mol. The number of fused-ring (bicyclic) bond motifs is 2. The van der Waals surface area contributed by atoms with Crippen molar-refractivity contribution in [1.82, 2.24) is 15.3 Å². The lowest BCUT2D eigenvalue weighted by Crippen LogP contribution is -2.47. The number of nitrogens with one attached hydrogen (secondary N) is 3. The molecule has 8 heteroatoms. The van der Waals surface area contributed by atoms with Crippen molar-refractivity contribution in [2.24, 2.45) is 0 Å². The molecule has 1 unspecified atom stereocenters. The number of nitrogens with zero attached hydrogens (tertiary/aromatic N) is 1. The number of anilines is 1. The van der Waals surface area contributed by atoms with E-state index < -0.39 is 6.04 Å². The Balaban J connectivity index is 1.55. The summed E-state index contributed by atoms with van der Waals surface area (Å²) in [6.45, 7) is 0. The summed E-state index contributed by atoms with van der Waals surface area (Å²) < 4.78 is 0. The summed E-state index contributed by atoms with van der Waals surface area (Å²) in [7, 11) is 0. The van der Waals surface area contributed by atoms with Crippen molar-refractivity contribution < 1.29 is 9.59 Å². The Hall–Kier alpha value is -2.57. The van der Waals surface area contributed by atoms with Crippen molar-refractivity contribution >= 4 is 51.6 Å². The van der Waals surface area contributed by atoms with Crippen LogP contribution in [0.1, 0.15) is 16.1 Å². The number of benzene rings is 1. The summed E-state index contributed by atoms with van der Waals surface area (Å²) >= 11 is 11.8. The predicted octanol–water partition coefficient (Wildman–Crippen LogP) is 3.16. The number of hydrogen-bond acceptors (Lipinski definition) is 3. The minimum absolute atomic E-state index is 0.274. The van der Waals surface area contributed by atoms with Gasteiger partial charge in [-0.25, -0.2) is 4.98 Å². The molecule has 2 aromatic heterocycles. The normalized spacial score (nSPS) is 16.4. The molecule has 3 aromatic rings. The largest absolute Gasteiger partial charge is 0.350 e. The van der Waals surface area contributed by atoms with Crippen molar-refractivity contribution in [2.75, 3.05) is 5.32 Å². The SMILES string of the molecule is O=C(NC1Cc2ccc(Cl)cc2NC1=O)c1cc2cnc(Cl)cc2[nH]1. The summed E-state index contributed by atoms with van der Waals surface area (Å²) in [5, 5.41) is 7.16. The number of H-pyrrole nitrogens is 1. The van der Waals surface area contributed by atoms with Gasteiger partial charge in [-0.05, 0) is 29.8 Å². The minimum Gasteiger partial charge on any atom is -0.350 e. The Bertz CT molecular complexity index is 1020. The van der Waals surface area contributed by atoms with Gasteiger partial charge >= 0.3 is 0 Å². The molecule has 1 aromatic carbocycles. The number of aromatic nitrogens is 2. The molecule has 126 valence electrons. The van der Waals surface area contributed by atoms with E-state index in [4.69, 9.17) is 23.2 Å². The van der Waals surface area contributed by atoms with Crippen molar-refractivity contribution in [3.8, 4) is 0 Å². The Labute approximate surface area is 152 Å². The van der Waals surface area contributed by atoms with Crippen LogP contribution in [0, 0.1) is 0 Å². The lowest BCUT2D eigenvalue weighted by atomic mass is 9.99. The first kappa shape index (κ1) is 15.9. The van der Waals surface area contributed by atoms with E-state index in [1.807, 2.05) is 6.07 Å². The van der Waals surface area contributed by atoms with E-state index in [9.17, 15) is 9.59 Å². The highest BCUT2D eigenvalue weighted by Gasteiger charge is 2.28. The van der Waals surface area contributed by atoms with Gasteiger partial charge in [0.15, 0.2) is 0 Å². The average Bonchev–Trinajstić information content (AvgIpc) is 2.99. The predicted molar refractivity (Wildman–Crippen MR) is 96.1 cm³/mol. The number of pyridine rings is 1. The third-order valence-electron chi connectivity index (χ3n) is 4.09. The molecular weight excluding hydrogens is 363 g/mol. The standard InChI is InChI=1S/C17H12Cl2N4O2/c18-10-2-1-8-3-14(17(25)22-11(8)5-10)23-16(24)13-4-9-7-20-15(19)6-12(9)21-13/h1-2,4-7,14,21H,3H2,(H,22,25)(H,23,24). The van der Waals surface area contributed by atoms with Crippen molar-refractivity contribution in [3.63, 3.8) is 0 Å². The van der Waals surface area contributed by atoms with Crippen LogP contribution in [0.3, 0.4) is 0 Å². The van der Waals surface area contributed by atoms with Crippen LogP contribution in [0.25, 0.3) is 10.9 Å². The molecule has 1 atom stereocenters. The van der Waals surface area contributed by atoms with Gasteiger partial charge in [0.25, 0.3) is 5.91 Å². The maximum atomic E-state index is 12.5.